The number of guanidine groups is 1. The number of fused-ring (bicyclic) bond motifs is 1. The van der Waals surface area contributed by atoms with Gasteiger partial charge in [0.2, 0.25) is 11.8 Å². The molecule has 33 heavy (non-hydrogen) atoms. The largest absolute Gasteiger partial charge is 0.399 e. The van der Waals surface area contributed by atoms with Crippen molar-refractivity contribution in [1.29, 1.82) is 0 Å². The van der Waals surface area contributed by atoms with Gasteiger partial charge in [0, 0.05) is 35.0 Å². The van der Waals surface area contributed by atoms with Crippen LogP contribution in [0.4, 0.5) is 5.69 Å². The first-order valence-corrected chi connectivity index (χ1v) is 12.5. The Morgan fingerprint density at radius 1 is 1.15 bits per heavy atom. The predicted octanol–water partition coefficient (Wildman–Crippen LogP) is 3.33. The van der Waals surface area contributed by atoms with Crippen LogP contribution in [0.3, 0.4) is 0 Å². The minimum absolute atomic E-state index is 0.0549. The van der Waals surface area contributed by atoms with Crippen LogP contribution in [0.1, 0.15) is 42.5 Å². The zero-order chi connectivity index (χ0) is 23.3. The molecule has 0 radical (unpaired) electrons. The first-order chi connectivity index (χ1) is 15.8. The molecule has 8 heteroatoms. The summed E-state index contributed by atoms with van der Waals surface area (Å²) in [6, 6.07) is 10.1. The second kappa shape index (κ2) is 8.17. The molecule has 5 rings (SSSR count). The standard InChI is InChI=1S/C25H31N5O2S/c1-15-10-17(12-18(26)11-15)20-8-9-21(33-20)25-14-30(22(31)16-6-4-3-5-7-16)13-19(25)23(32)29(2)24(27)28-25/h8-12,16,19H,3-7,13-14,26H2,1-2H3,(H2,27,28)/t19-,25-/m0/s1. The summed E-state index contributed by atoms with van der Waals surface area (Å²) in [5.41, 5.74) is 14.3. The van der Waals surface area contributed by atoms with Crippen molar-refractivity contribution in [3.63, 3.8) is 0 Å². The van der Waals surface area contributed by atoms with Crippen LogP contribution in [-0.2, 0) is 15.1 Å². The Morgan fingerprint density at radius 2 is 1.91 bits per heavy atom. The average Bonchev–Trinajstić information content (AvgIpc) is 3.43. The van der Waals surface area contributed by atoms with E-state index in [2.05, 4.69) is 12.1 Å². The molecule has 4 N–H and O–H groups in total. The van der Waals surface area contributed by atoms with Gasteiger partial charge in [-0.3, -0.25) is 14.5 Å². The van der Waals surface area contributed by atoms with Crippen LogP contribution in [0, 0.1) is 18.8 Å². The number of anilines is 1. The second-order valence-electron chi connectivity index (χ2n) is 9.69. The van der Waals surface area contributed by atoms with E-state index in [0.29, 0.717) is 13.1 Å². The molecule has 3 aliphatic rings. The molecule has 7 nitrogen and oxygen atoms in total. The highest BCUT2D eigenvalue weighted by molar-refractivity contribution is 7.15. The molecule has 174 valence electrons. The zero-order valence-corrected chi connectivity index (χ0v) is 20.0. The lowest BCUT2D eigenvalue weighted by molar-refractivity contribution is -0.136. The van der Waals surface area contributed by atoms with E-state index in [-0.39, 0.29) is 23.7 Å². The minimum Gasteiger partial charge on any atom is -0.399 e. The second-order valence-corrected chi connectivity index (χ2v) is 10.8. The summed E-state index contributed by atoms with van der Waals surface area (Å²) in [5.74, 6) is -0.0826. The fourth-order valence-corrected chi connectivity index (χ4v) is 6.79. The third-order valence-corrected chi connectivity index (χ3v) is 8.68. The number of amides is 2. The van der Waals surface area contributed by atoms with Gasteiger partial charge in [-0.05, 0) is 55.2 Å². The molecule has 1 aromatic carbocycles. The van der Waals surface area contributed by atoms with Crippen molar-refractivity contribution < 1.29 is 9.59 Å². The van der Waals surface area contributed by atoms with Gasteiger partial charge in [-0.1, -0.05) is 25.3 Å². The maximum atomic E-state index is 13.4. The van der Waals surface area contributed by atoms with E-state index in [1.54, 1.807) is 18.4 Å². The van der Waals surface area contributed by atoms with Crippen LogP contribution in [0.5, 0.6) is 0 Å². The maximum absolute atomic E-state index is 13.4. The first-order valence-electron chi connectivity index (χ1n) is 11.7. The zero-order valence-electron chi connectivity index (χ0n) is 19.2. The third kappa shape index (κ3) is 3.70. The third-order valence-electron chi connectivity index (χ3n) is 7.38. The number of likely N-dealkylation sites (tertiary alicyclic amines) is 1. The number of nitrogens with zero attached hydrogens (tertiary/aromatic N) is 3. The predicted molar refractivity (Wildman–Crippen MR) is 132 cm³/mol. The molecule has 2 amide bonds. The summed E-state index contributed by atoms with van der Waals surface area (Å²) in [5, 5.41) is 0. The van der Waals surface area contributed by atoms with Gasteiger partial charge in [0.05, 0.1) is 12.5 Å². The van der Waals surface area contributed by atoms with Crippen LogP contribution in [0.2, 0.25) is 0 Å². The Morgan fingerprint density at radius 3 is 2.64 bits per heavy atom. The van der Waals surface area contributed by atoms with Crippen molar-refractivity contribution >= 4 is 34.8 Å². The lowest BCUT2D eigenvalue weighted by Gasteiger charge is -2.36. The molecule has 0 bridgehead atoms. The van der Waals surface area contributed by atoms with E-state index in [4.69, 9.17) is 16.5 Å². The number of carbonyl (C=O) groups is 2. The van der Waals surface area contributed by atoms with Crippen LogP contribution in [0.25, 0.3) is 10.4 Å². The highest BCUT2D eigenvalue weighted by Crippen LogP contribution is 2.48. The van der Waals surface area contributed by atoms with Crippen molar-refractivity contribution in [2.24, 2.45) is 22.6 Å². The molecule has 2 fully saturated rings. The summed E-state index contributed by atoms with van der Waals surface area (Å²) >= 11 is 1.60. The average molecular weight is 466 g/mol. The van der Waals surface area contributed by atoms with Crippen LogP contribution >= 0.6 is 11.3 Å². The summed E-state index contributed by atoms with van der Waals surface area (Å²) in [6.07, 6.45) is 5.26. The number of aryl methyl sites for hydroxylation is 1. The van der Waals surface area contributed by atoms with E-state index in [9.17, 15) is 9.59 Å². The topological polar surface area (TPSA) is 105 Å². The highest BCUT2D eigenvalue weighted by Gasteiger charge is 2.57. The van der Waals surface area contributed by atoms with E-state index >= 15 is 0 Å². The number of hydrogen-bond acceptors (Lipinski definition) is 6. The minimum atomic E-state index is -0.837. The molecule has 0 unspecified atom stereocenters. The van der Waals surface area contributed by atoms with Gasteiger partial charge in [0.15, 0.2) is 5.96 Å². The summed E-state index contributed by atoms with van der Waals surface area (Å²) in [7, 11) is 1.66. The molecule has 1 saturated carbocycles. The number of rotatable bonds is 3. The van der Waals surface area contributed by atoms with E-state index in [0.717, 1.165) is 52.3 Å². The molecule has 2 aliphatic heterocycles. The summed E-state index contributed by atoms with van der Waals surface area (Å²) < 4.78 is 0. The van der Waals surface area contributed by atoms with Crippen molar-refractivity contribution in [3.8, 4) is 10.4 Å². The Bertz CT molecular complexity index is 1120. The highest BCUT2D eigenvalue weighted by atomic mass is 32.1. The number of carbonyl (C=O) groups excluding carboxylic acids is 2. The van der Waals surface area contributed by atoms with Gasteiger partial charge < -0.3 is 16.4 Å². The maximum Gasteiger partial charge on any atom is 0.236 e. The molecule has 2 atom stereocenters. The molecule has 1 saturated heterocycles. The van der Waals surface area contributed by atoms with Crippen molar-refractivity contribution in [3.05, 3.63) is 40.8 Å². The lowest BCUT2D eigenvalue weighted by Crippen LogP contribution is -2.54. The molecule has 1 aromatic heterocycles. The number of benzene rings is 1. The number of aliphatic imine (C=N–C) groups is 1. The molecule has 0 spiro atoms. The number of hydrogen-bond donors (Lipinski definition) is 2. The van der Waals surface area contributed by atoms with Crippen molar-refractivity contribution in [1.82, 2.24) is 9.80 Å². The summed E-state index contributed by atoms with van der Waals surface area (Å²) in [4.78, 5) is 36.9. The first kappa shape index (κ1) is 21.9. The Hall–Kier alpha value is -2.87. The van der Waals surface area contributed by atoms with Crippen LogP contribution in [0.15, 0.2) is 35.3 Å². The Kier molecular flexibility index (Phi) is 5.43. The smallest absolute Gasteiger partial charge is 0.236 e. The number of nitrogens with two attached hydrogens (primary N) is 2. The lowest BCUT2D eigenvalue weighted by atomic mass is 9.84. The number of thiophene rings is 1. The molecule has 2 aromatic rings. The Labute approximate surface area is 198 Å². The molecular weight excluding hydrogens is 434 g/mol. The SMILES string of the molecule is Cc1cc(N)cc(-c2ccc([C@]34CN(C(=O)C5CCCCC5)C[C@H]3C(=O)N(C)C(N)=N4)s2)c1. The fourth-order valence-electron chi connectivity index (χ4n) is 5.62. The van der Waals surface area contributed by atoms with E-state index in [1.807, 2.05) is 30.0 Å². The summed E-state index contributed by atoms with van der Waals surface area (Å²) in [6.45, 7) is 2.80. The Balaban J connectivity index is 1.53. The normalized spacial score (nSPS) is 25.8. The van der Waals surface area contributed by atoms with Crippen LogP contribution in [-0.4, -0.2) is 47.7 Å². The van der Waals surface area contributed by atoms with Gasteiger partial charge >= 0.3 is 0 Å². The quantitative estimate of drug-likeness (QED) is 0.678. The van der Waals surface area contributed by atoms with Gasteiger partial charge in [0.25, 0.3) is 0 Å². The van der Waals surface area contributed by atoms with E-state index in [1.165, 1.54) is 11.3 Å². The fraction of sp³-hybridized carbons (Fsp3) is 0.480. The van der Waals surface area contributed by atoms with Gasteiger partial charge in [-0.25, -0.2) is 4.99 Å². The molecule has 1 aliphatic carbocycles. The number of nitrogen functional groups attached to an aromatic ring is 1. The molecular formula is C25H31N5O2S. The van der Waals surface area contributed by atoms with Gasteiger partial charge in [-0.2, -0.15) is 0 Å². The van der Waals surface area contributed by atoms with Crippen molar-refractivity contribution in [2.75, 3.05) is 25.9 Å². The van der Waals surface area contributed by atoms with Crippen molar-refractivity contribution in [2.45, 2.75) is 44.6 Å². The monoisotopic (exact) mass is 465 g/mol. The van der Waals surface area contributed by atoms with E-state index < -0.39 is 11.5 Å². The van der Waals surface area contributed by atoms with Crippen LogP contribution < -0.4 is 11.5 Å². The van der Waals surface area contributed by atoms with Gasteiger partial charge in [-0.15, -0.1) is 11.3 Å². The van der Waals surface area contributed by atoms with Gasteiger partial charge in [0.1, 0.15) is 5.54 Å². The molecule has 3 heterocycles.